The summed E-state index contributed by atoms with van der Waals surface area (Å²) in [5, 5.41) is 11.9. The first-order chi connectivity index (χ1) is 10.2. The third-order valence-electron chi connectivity index (χ3n) is 3.38. The normalized spacial score (nSPS) is 17.7. The number of aryl methyl sites for hydroxylation is 1. The molecule has 1 unspecified atom stereocenters. The molecule has 0 spiro atoms. The van der Waals surface area contributed by atoms with Gasteiger partial charge in [0.2, 0.25) is 0 Å². The van der Waals surface area contributed by atoms with Crippen LogP contribution < -0.4 is 5.32 Å². The first kappa shape index (κ1) is 15.9. The van der Waals surface area contributed by atoms with Gasteiger partial charge in [0.25, 0.3) is 5.91 Å². The minimum atomic E-state index is -0.0456. The van der Waals surface area contributed by atoms with E-state index in [1.807, 2.05) is 36.9 Å². The van der Waals surface area contributed by atoms with Crippen LogP contribution >= 0.6 is 11.8 Å². The van der Waals surface area contributed by atoms with Crippen molar-refractivity contribution in [3.8, 4) is 11.8 Å². The Kier molecular flexibility index (Phi) is 6.16. The minimum absolute atomic E-state index is 0.0413. The molecule has 1 saturated heterocycles. The van der Waals surface area contributed by atoms with E-state index >= 15 is 0 Å². The lowest BCUT2D eigenvalue weighted by Gasteiger charge is -2.22. The maximum absolute atomic E-state index is 12.4. The van der Waals surface area contributed by atoms with Crippen LogP contribution in [0.25, 0.3) is 0 Å². The molecule has 1 aliphatic heterocycles. The van der Waals surface area contributed by atoms with Crippen LogP contribution in [-0.4, -0.2) is 35.2 Å². The molecule has 1 fully saturated rings. The van der Waals surface area contributed by atoms with Crippen LogP contribution in [-0.2, 0) is 0 Å². The predicted molar refractivity (Wildman–Crippen MR) is 87.6 cm³/mol. The molecular weight excluding hydrogens is 282 g/mol. The quantitative estimate of drug-likeness (QED) is 0.843. The SMILES string of the molecule is Cc1ccc(C(=O)NC2CCCSC2)c(C#CCCO)c1. The molecule has 0 saturated carbocycles. The maximum atomic E-state index is 12.4. The fraction of sp³-hybridized carbons (Fsp3) is 0.471. The Bertz CT molecular complexity index is 554. The molecular formula is C17H21NO2S. The molecule has 1 aliphatic rings. The van der Waals surface area contributed by atoms with Gasteiger partial charge in [0.05, 0.1) is 12.2 Å². The number of hydrogen-bond donors (Lipinski definition) is 2. The van der Waals surface area contributed by atoms with Gasteiger partial charge in [0, 0.05) is 23.8 Å². The molecule has 0 aliphatic carbocycles. The van der Waals surface area contributed by atoms with E-state index in [0.717, 1.165) is 29.7 Å². The minimum Gasteiger partial charge on any atom is -0.395 e. The fourth-order valence-electron chi connectivity index (χ4n) is 2.29. The average Bonchev–Trinajstić information content (AvgIpc) is 2.48. The summed E-state index contributed by atoms with van der Waals surface area (Å²) in [6.45, 7) is 2.02. The van der Waals surface area contributed by atoms with Crippen molar-refractivity contribution in [3.63, 3.8) is 0 Å². The second kappa shape index (κ2) is 8.11. The zero-order valence-electron chi connectivity index (χ0n) is 12.3. The number of rotatable bonds is 3. The third-order valence-corrected chi connectivity index (χ3v) is 4.59. The van der Waals surface area contributed by atoms with Gasteiger partial charge in [-0.2, -0.15) is 11.8 Å². The number of carbonyl (C=O) groups excluding carboxylic acids is 1. The number of carbonyl (C=O) groups is 1. The van der Waals surface area contributed by atoms with Crippen LogP contribution in [0.15, 0.2) is 18.2 Å². The first-order valence-electron chi connectivity index (χ1n) is 7.29. The molecule has 4 heteroatoms. The Balaban J connectivity index is 2.13. The van der Waals surface area contributed by atoms with E-state index < -0.39 is 0 Å². The summed E-state index contributed by atoms with van der Waals surface area (Å²) >= 11 is 1.89. The number of hydrogen-bond acceptors (Lipinski definition) is 3. The van der Waals surface area contributed by atoms with Crippen molar-refractivity contribution in [2.24, 2.45) is 0 Å². The van der Waals surface area contributed by atoms with Gasteiger partial charge in [-0.25, -0.2) is 0 Å². The van der Waals surface area contributed by atoms with E-state index in [2.05, 4.69) is 17.2 Å². The van der Waals surface area contributed by atoms with Crippen LogP contribution in [0.1, 0.15) is 40.7 Å². The zero-order chi connectivity index (χ0) is 15.1. The van der Waals surface area contributed by atoms with Crippen molar-refractivity contribution in [2.45, 2.75) is 32.2 Å². The number of nitrogens with one attached hydrogen (secondary N) is 1. The standard InChI is InChI=1S/C17H21NO2S/c1-13-7-8-16(14(11-13)5-2-3-9-19)17(20)18-15-6-4-10-21-12-15/h7-8,11,15,19H,3-4,6,9-10,12H2,1H3,(H,18,20). The molecule has 112 valence electrons. The molecule has 1 amide bonds. The summed E-state index contributed by atoms with van der Waals surface area (Å²) in [5.74, 6) is 8.02. The molecule has 1 atom stereocenters. The van der Waals surface area contributed by atoms with Gasteiger partial charge >= 0.3 is 0 Å². The molecule has 1 aromatic rings. The van der Waals surface area contributed by atoms with Crippen LogP contribution in [0.5, 0.6) is 0 Å². The monoisotopic (exact) mass is 303 g/mol. The van der Waals surface area contributed by atoms with E-state index in [-0.39, 0.29) is 18.6 Å². The number of thioether (sulfide) groups is 1. The lowest BCUT2D eigenvalue weighted by atomic mass is 10.0. The van der Waals surface area contributed by atoms with Crippen molar-refractivity contribution in [2.75, 3.05) is 18.1 Å². The highest BCUT2D eigenvalue weighted by Gasteiger charge is 2.18. The van der Waals surface area contributed by atoms with Crippen LogP contribution in [0.2, 0.25) is 0 Å². The van der Waals surface area contributed by atoms with Crippen molar-refractivity contribution >= 4 is 17.7 Å². The first-order valence-corrected chi connectivity index (χ1v) is 8.45. The average molecular weight is 303 g/mol. The molecule has 0 radical (unpaired) electrons. The second-order valence-corrected chi connectivity index (χ2v) is 6.36. The van der Waals surface area contributed by atoms with Crippen molar-refractivity contribution in [1.29, 1.82) is 0 Å². The van der Waals surface area contributed by atoms with Crippen molar-refractivity contribution in [1.82, 2.24) is 5.32 Å². The van der Waals surface area contributed by atoms with Gasteiger partial charge in [0.1, 0.15) is 0 Å². The number of aliphatic hydroxyl groups excluding tert-OH is 1. The van der Waals surface area contributed by atoms with Gasteiger partial charge in [-0.05, 0) is 43.2 Å². The van der Waals surface area contributed by atoms with E-state index in [1.165, 1.54) is 5.75 Å². The Hall–Kier alpha value is -1.44. The molecule has 0 bridgehead atoms. The van der Waals surface area contributed by atoms with Crippen LogP contribution in [0.4, 0.5) is 0 Å². The van der Waals surface area contributed by atoms with E-state index in [9.17, 15) is 4.79 Å². The fourth-order valence-corrected chi connectivity index (χ4v) is 3.36. The molecule has 1 heterocycles. The topological polar surface area (TPSA) is 49.3 Å². The van der Waals surface area contributed by atoms with Crippen molar-refractivity contribution < 1.29 is 9.90 Å². The van der Waals surface area contributed by atoms with Gasteiger partial charge in [-0.1, -0.05) is 17.9 Å². The largest absolute Gasteiger partial charge is 0.395 e. The Morgan fingerprint density at radius 1 is 1.52 bits per heavy atom. The van der Waals surface area contributed by atoms with Crippen LogP contribution in [0, 0.1) is 18.8 Å². The predicted octanol–water partition coefficient (Wildman–Crippen LogP) is 2.35. The number of amides is 1. The third kappa shape index (κ3) is 4.80. The molecule has 21 heavy (non-hydrogen) atoms. The smallest absolute Gasteiger partial charge is 0.252 e. The van der Waals surface area contributed by atoms with Gasteiger partial charge in [-0.15, -0.1) is 0 Å². The highest BCUT2D eigenvalue weighted by molar-refractivity contribution is 7.99. The van der Waals surface area contributed by atoms with Gasteiger partial charge in [0.15, 0.2) is 0 Å². The highest BCUT2D eigenvalue weighted by Crippen LogP contribution is 2.18. The van der Waals surface area contributed by atoms with Gasteiger partial charge < -0.3 is 10.4 Å². The van der Waals surface area contributed by atoms with E-state index in [4.69, 9.17) is 5.11 Å². The lowest BCUT2D eigenvalue weighted by molar-refractivity contribution is 0.0938. The Morgan fingerprint density at radius 3 is 3.10 bits per heavy atom. The number of benzene rings is 1. The van der Waals surface area contributed by atoms with E-state index in [1.54, 1.807) is 0 Å². The molecule has 0 aromatic heterocycles. The maximum Gasteiger partial charge on any atom is 0.252 e. The molecule has 2 N–H and O–H groups in total. The Morgan fingerprint density at radius 2 is 2.38 bits per heavy atom. The zero-order valence-corrected chi connectivity index (χ0v) is 13.1. The second-order valence-electron chi connectivity index (χ2n) is 5.21. The van der Waals surface area contributed by atoms with E-state index in [0.29, 0.717) is 12.0 Å². The van der Waals surface area contributed by atoms with Crippen LogP contribution in [0.3, 0.4) is 0 Å². The Labute approximate surface area is 130 Å². The van der Waals surface area contributed by atoms with Gasteiger partial charge in [-0.3, -0.25) is 4.79 Å². The summed E-state index contributed by atoms with van der Waals surface area (Å²) in [6.07, 6.45) is 2.64. The summed E-state index contributed by atoms with van der Waals surface area (Å²) in [5.41, 5.74) is 2.44. The molecule has 2 rings (SSSR count). The number of aliphatic hydroxyl groups is 1. The molecule has 3 nitrogen and oxygen atoms in total. The summed E-state index contributed by atoms with van der Waals surface area (Å²) in [4.78, 5) is 12.4. The summed E-state index contributed by atoms with van der Waals surface area (Å²) in [7, 11) is 0. The summed E-state index contributed by atoms with van der Waals surface area (Å²) in [6, 6.07) is 5.95. The highest BCUT2D eigenvalue weighted by atomic mass is 32.2. The summed E-state index contributed by atoms with van der Waals surface area (Å²) < 4.78 is 0. The lowest BCUT2D eigenvalue weighted by Crippen LogP contribution is -2.38. The molecule has 1 aromatic carbocycles. The van der Waals surface area contributed by atoms with Crippen molar-refractivity contribution in [3.05, 3.63) is 34.9 Å².